The number of anilines is 1. The molecule has 1 saturated heterocycles. The molecule has 0 aliphatic carbocycles. The van der Waals surface area contributed by atoms with Gasteiger partial charge in [-0.2, -0.15) is 5.26 Å². The van der Waals surface area contributed by atoms with Crippen molar-refractivity contribution in [2.45, 2.75) is 58.6 Å². The van der Waals surface area contributed by atoms with E-state index < -0.39 is 17.4 Å². The fourth-order valence-corrected chi connectivity index (χ4v) is 4.00. The molecule has 0 spiro atoms. The maximum Gasteiger partial charge on any atom is 0.313 e. The Bertz CT molecular complexity index is 1100. The average Bonchev–Trinajstić information content (AvgIpc) is 2.79. The molecule has 2 aromatic rings. The van der Waals surface area contributed by atoms with Crippen LogP contribution in [0.15, 0.2) is 42.6 Å². The predicted octanol–water partition coefficient (Wildman–Crippen LogP) is 3.72. The second kappa shape index (κ2) is 10.5. The molecule has 1 aromatic carbocycles. The molecule has 0 radical (unpaired) electrons. The molecule has 1 aromatic heterocycles. The van der Waals surface area contributed by atoms with Crippen LogP contribution in [0.1, 0.15) is 56.5 Å². The number of aromatic nitrogens is 1. The summed E-state index contributed by atoms with van der Waals surface area (Å²) >= 11 is 0. The normalized spacial score (nSPS) is 18.0. The van der Waals surface area contributed by atoms with Gasteiger partial charge >= 0.3 is 17.8 Å². The third-order valence-corrected chi connectivity index (χ3v) is 5.60. The highest BCUT2D eigenvalue weighted by Gasteiger charge is 2.35. The first-order chi connectivity index (χ1) is 16.1. The van der Waals surface area contributed by atoms with Crippen LogP contribution in [-0.4, -0.2) is 39.8 Å². The number of ether oxygens (including phenoxy) is 1. The molecule has 1 N–H and O–H groups in total. The van der Waals surface area contributed by atoms with E-state index in [1.807, 2.05) is 30.3 Å². The quantitative estimate of drug-likeness (QED) is 0.547. The second-order valence-corrected chi connectivity index (χ2v) is 9.48. The predicted molar refractivity (Wildman–Crippen MR) is 126 cm³/mol. The van der Waals surface area contributed by atoms with Crippen LogP contribution in [-0.2, 0) is 25.5 Å². The molecule has 178 valence electrons. The van der Waals surface area contributed by atoms with Gasteiger partial charge in [0.25, 0.3) is 0 Å². The minimum atomic E-state index is -0.766. The van der Waals surface area contributed by atoms with Gasteiger partial charge in [-0.05, 0) is 57.7 Å². The minimum absolute atomic E-state index is 0.0167. The van der Waals surface area contributed by atoms with E-state index in [-0.39, 0.29) is 24.3 Å². The van der Waals surface area contributed by atoms with E-state index in [0.717, 1.165) is 5.56 Å². The Morgan fingerprint density at radius 2 is 1.94 bits per heavy atom. The van der Waals surface area contributed by atoms with Crippen LogP contribution in [0, 0.1) is 24.2 Å². The molecule has 0 unspecified atom stereocenters. The van der Waals surface area contributed by atoms with Crippen LogP contribution in [0.5, 0.6) is 0 Å². The number of amides is 2. The molecule has 8 nitrogen and oxygen atoms in total. The molecule has 0 bridgehead atoms. The SMILES string of the molecule is Cc1cc(NC(=O)C(=O)N2CC[C@@H](C#N)C[C@H]2c2ccccc2)cnc1CC(=O)OC(C)(C)C. The summed E-state index contributed by atoms with van der Waals surface area (Å²) in [5.74, 6) is -1.97. The summed E-state index contributed by atoms with van der Waals surface area (Å²) in [5.41, 5.74) is 1.92. The Kier molecular flexibility index (Phi) is 7.67. The fourth-order valence-electron chi connectivity index (χ4n) is 4.00. The largest absolute Gasteiger partial charge is 0.460 e. The summed E-state index contributed by atoms with van der Waals surface area (Å²) in [4.78, 5) is 43.8. The number of benzene rings is 1. The highest BCUT2D eigenvalue weighted by atomic mass is 16.6. The van der Waals surface area contributed by atoms with Crippen molar-refractivity contribution in [2.24, 2.45) is 5.92 Å². The summed E-state index contributed by atoms with van der Waals surface area (Å²) in [7, 11) is 0. The highest BCUT2D eigenvalue weighted by Crippen LogP contribution is 2.34. The topological polar surface area (TPSA) is 112 Å². The second-order valence-electron chi connectivity index (χ2n) is 9.48. The van der Waals surface area contributed by atoms with Gasteiger partial charge in [0.2, 0.25) is 0 Å². The van der Waals surface area contributed by atoms with Gasteiger partial charge in [0.1, 0.15) is 5.60 Å². The van der Waals surface area contributed by atoms with Crippen LogP contribution >= 0.6 is 0 Å². The Morgan fingerprint density at radius 1 is 1.24 bits per heavy atom. The smallest absolute Gasteiger partial charge is 0.313 e. The number of nitrogens with zero attached hydrogens (tertiary/aromatic N) is 3. The number of nitriles is 1. The van der Waals surface area contributed by atoms with E-state index in [1.54, 1.807) is 33.8 Å². The number of aryl methyl sites for hydroxylation is 1. The van der Waals surface area contributed by atoms with Gasteiger partial charge in [-0.15, -0.1) is 0 Å². The van der Waals surface area contributed by atoms with Crippen LogP contribution in [0.3, 0.4) is 0 Å². The maximum absolute atomic E-state index is 13.1. The molecule has 8 heteroatoms. The standard InChI is InChI=1S/C26H30N4O4/c1-17-12-20(16-28-21(17)14-23(31)34-26(2,3)4)29-24(32)25(33)30-11-10-18(15-27)13-22(30)19-8-6-5-7-9-19/h5-9,12,16,18,22H,10-11,13-14H2,1-4H3,(H,29,32)/t18-,22+/m1/s1. The monoisotopic (exact) mass is 462 g/mol. The number of pyridine rings is 1. The number of hydrogen-bond acceptors (Lipinski definition) is 6. The summed E-state index contributed by atoms with van der Waals surface area (Å²) in [6.07, 6.45) is 2.45. The first-order valence-electron chi connectivity index (χ1n) is 11.3. The number of piperidine rings is 1. The van der Waals surface area contributed by atoms with Crippen LogP contribution in [0.25, 0.3) is 0 Å². The lowest BCUT2D eigenvalue weighted by Crippen LogP contribution is -2.46. The summed E-state index contributed by atoms with van der Waals surface area (Å²) in [6.45, 7) is 7.50. The van der Waals surface area contributed by atoms with Crippen molar-refractivity contribution >= 4 is 23.5 Å². The van der Waals surface area contributed by atoms with Crippen molar-refractivity contribution < 1.29 is 19.1 Å². The Balaban J connectivity index is 1.70. The van der Waals surface area contributed by atoms with Gasteiger partial charge in [-0.25, -0.2) is 0 Å². The highest BCUT2D eigenvalue weighted by molar-refractivity contribution is 6.39. The molecule has 2 amide bonds. The van der Waals surface area contributed by atoms with Gasteiger partial charge in [0, 0.05) is 6.54 Å². The van der Waals surface area contributed by atoms with Gasteiger partial charge in [0.05, 0.1) is 42.0 Å². The van der Waals surface area contributed by atoms with Crippen molar-refractivity contribution in [3.05, 3.63) is 59.4 Å². The zero-order valence-electron chi connectivity index (χ0n) is 20.0. The maximum atomic E-state index is 13.1. The average molecular weight is 463 g/mol. The van der Waals surface area contributed by atoms with Crippen molar-refractivity contribution in [1.82, 2.24) is 9.88 Å². The van der Waals surface area contributed by atoms with E-state index in [0.29, 0.717) is 36.3 Å². The first-order valence-corrected chi connectivity index (χ1v) is 11.3. The number of esters is 1. The number of nitrogens with one attached hydrogen (secondary N) is 1. The molecule has 1 aliphatic heterocycles. The molecule has 3 rings (SSSR count). The summed E-state index contributed by atoms with van der Waals surface area (Å²) in [6, 6.07) is 13.1. The molecule has 1 fully saturated rings. The number of carbonyl (C=O) groups excluding carboxylic acids is 3. The van der Waals surface area contributed by atoms with E-state index in [9.17, 15) is 19.6 Å². The Morgan fingerprint density at radius 3 is 2.56 bits per heavy atom. The molecule has 2 heterocycles. The van der Waals surface area contributed by atoms with Gasteiger partial charge in [-0.3, -0.25) is 19.4 Å². The Hall–Kier alpha value is -3.73. The number of rotatable bonds is 4. The third kappa shape index (κ3) is 6.41. The lowest BCUT2D eigenvalue weighted by molar-refractivity contribution is -0.154. The number of carbonyl (C=O) groups is 3. The molecule has 1 aliphatic rings. The van der Waals surface area contributed by atoms with Crippen molar-refractivity contribution in [3.63, 3.8) is 0 Å². The lowest BCUT2D eigenvalue weighted by Gasteiger charge is -2.37. The van der Waals surface area contributed by atoms with Crippen molar-refractivity contribution in [1.29, 1.82) is 5.26 Å². The summed E-state index contributed by atoms with van der Waals surface area (Å²) in [5, 5.41) is 12.0. The molecule has 34 heavy (non-hydrogen) atoms. The zero-order chi connectivity index (χ0) is 24.9. The Labute approximate surface area is 199 Å². The van der Waals surface area contributed by atoms with Gasteiger partial charge in [-0.1, -0.05) is 30.3 Å². The van der Waals surface area contributed by atoms with E-state index in [2.05, 4.69) is 16.4 Å². The van der Waals surface area contributed by atoms with E-state index in [4.69, 9.17) is 4.74 Å². The third-order valence-electron chi connectivity index (χ3n) is 5.60. The lowest BCUT2D eigenvalue weighted by atomic mass is 9.88. The van der Waals surface area contributed by atoms with Crippen molar-refractivity contribution in [2.75, 3.05) is 11.9 Å². The van der Waals surface area contributed by atoms with Crippen LogP contribution < -0.4 is 5.32 Å². The van der Waals surface area contributed by atoms with E-state index in [1.165, 1.54) is 11.1 Å². The molecular weight excluding hydrogens is 432 g/mol. The van der Waals surface area contributed by atoms with Gasteiger partial charge in [0.15, 0.2) is 0 Å². The zero-order valence-corrected chi connectivity index (χ0v) is 20.0. The number of hydrogen-bond donors (Lipinski definition) is 1. The first kappa shape index (κ1) is 24.9. The molecule has 0 saturated carbocycles. The summed E-state index contributed by atoms with van der Waals surface area (Å²) < 4.78 is 5.33. The molecule has 2 atom stereocenters. The van der Waals surface area contributed by atoms with Crippen LogP contribution in [0.2, 0.25) is 0 Å². The van der Waals surface area contributed by atoms with E-state index >= 15 is 0 Å². The fraction of sp³-hybridized carbons (Fsp3) is 0.423. The van der Waals surface area contributed by atoms with Gasteiger partial charge < -0.3 is 15.0 Å². The minimum Gasteiger partial charge on any atom is -0.460 e. The molecular formula is C26H30N4O4. The van der Waals surface area contributed by atoms with Crippen molar-refractivity contribution in [3.8, 4) is 6.07 Å². The van der Waals surface area contributed by atoms with Crippen LogP contribution in [0.4, 0.5) is 5.69 Å². The number of likely N-dealkylation sites (tertiary alicyclic amines) is 1.